The fourth-order valence-corrected chi connectivity index (χ4v) is 7.61. The van der Waals surface area contributed by atoms with E-state index in [1.54, 1.807) is 69.3 Å². The molecule has 1 fully saturated rings. The van der Waals surface area contributed by atoms with E-state index in [0.29, 0.717) is 16.9 Å². The number of fused-ring (bicyclic) bond motifs is 5. The number of nitrogens with one attached hydrogen (secondary N) is 1. The fourth-order valence-electron chi connectivity index (χ4n) is 7.61. The Morgan fingerprint density at radius 3 is 1.87 bits per heavy atom. The third-order valence-electron chi connectivity index (χ3n) is 9.24. The second-order valence-corrected chi connectivity index (χ2v) is 11.4. The highest BCUT2D eigenvalue weighted by Gasteiger charge is 2.87. The van der Waals surface area contributed by atoms with Crippen molar-refractivity contribution in [3.05, 3.63) is 95.6 Å². The predicted octanol–water partition coefficient (Wildman–Crippen LogP) is 2.99. The minimum absolute atomic E-state index is 0.109. The van der Waals surface area contributed by atoms with Gasteiger partial charge in [-0.15, -0.1) is 0 Å². The molecule has 3 aliphatic rings. The molecule has 2 amide bonds. The van der Waals surface area contributed by atoms with E-state index in [0.717, 1.165) is 5.56 Å². The summed E-state index contributed by atoms with van der Waals surface area (Å²) >= 11 is 0. The van der Waals surface area contributed by atoms with Crippen LogP contribution in [0.5, 0.6) is 0 Å². The first-order valence-corrected chi connectivity index (χ1v) is 15.3. The number of carbonyl (C=O) groups excluding carboxylic acids is 5. The van der Waals surface area contributed by atoms with E-state index in [4.69, 9.17) is 14.2 Å². The van der Waals surface area contributed by atoms with Gasteiger partial charge in [-0.05, 0) is 44.0 Å². The Morgan fingerprint density at radius 2 is 1.26 bits per heavy atom. The fraction of sp³-hybridized carbons (Fsp3) is 0.343. The van der Waals surface area contributed by atoms with Gasteiger partial charge in [-0.25, -0.2) is 9.59 Å². The van der Waals surface area contributed by atoms with E-state index in [-0.39, 0.29) is 31.9 Å². The van der Waals surface area contributed by atoms with Crippen LogP contribution in [0.2, 0.25) is 0 Å². The van der Waals surface area contributed by atoms with Gasteiger partial charge in [0.1, 0.15) is 16.9 Å². The maximum Gasteiger partial charge on any atom is 0.339 e. The van der Waals surface area contributed by atoms with Gasteiger partial charge in [-0.2, -0.15) is 0 Å². The molecule has 0 aliphatic carbocycles. The van der Waals surface area contributed by atoms with Crippen LogP contribution in [-0.4, -0.2) is 62.1 Å². The van der Waals surface area contributed by atoms with Crippen LogP contribution in [0.4, 0.5) is 11.4 Å². The lowest BCUT2D eigenvalue weighted by atomic mass is 9.57. The summed E-state index contributed by atoms with van der Waals surface area (Å²) in [4.78, 5) is 76.6. The first kappa shape index (κ1) is 31.0. The summed E-state index contributed by atoms with van der Waals surface area (Å²) in [6.45, 7) is 4.34. The minimum atomic E-state index is -2.66. The molecule has 0 unspecified atom stereocenters. The molecule has 3 aromatic rings. The SMILES string of the molecule is CCOC(=O)[C@H]1C(C(=O)OCC)(C(=O)OCC)N[C@@]2(C(=O)N(Cc3ccccc3)c3ccccc32)[C@]12C(=O)N(C)c1ccccc12. The molecule has 3 heterocycles. The smallest absolute Gasteiger partial charge is 0.339 e. The van der Waals surface area contributed by atoms with Crippen LogP contribution in [0.3, 0.4) is 0 Å². The maximum absolute atomic E-state index is 15.4. The van der Waals surface area contributed by atoms with E-state index in [9.17, 15) is 14.4 Å². The molecule has 3 aromatic carbocycles. The first-order chi connectivity index (χ1) is 22.2. The molecule has 0 aromatic heterocycles. The molecular weight excluding hydrogens is 590 g/mol. The zero-order valence-corrected chi connectivity index (χ0v) is 26.1. The summed E-state index contributed by atoms with van der Waals surface area (Å²) in [7, 11) is 1.54. The second-order valence-electron chi connectivity index (χ2n) is 11.4. The number of rotatable bonds is 8. The van der Waals surface area contributed by atoms with Crippen LogP contribution in [0.15, 0.2) is 78.9 Å². The van der Waals surface area contributed by atoms with Gasteiger partial charge in [-0.3, -0.25) is 19.7 Å². The number of benzene rings is 3. The number of para-hydroxylation sites is 2. The summed E-state index contributed by atoms with van der Waals surface area (Å²) in [6, 6.07) is 22.9. The number of amides is 2. The topological polar surface area (TPSA) is 132 Å². The highest BCUT2D eigenvalue weighted by molar-refractivity contribution is 6.24. The highest BCUT2D eigenvalue weighted by atomic mass is 16.6. The normalized spacial score (nSPS) is 23.9. The predicted molar refractivity (Wildman–Crippen MR) is 167 cm³/mol. The molecule has 0 radical (unpaired) electrons. The molecule has 238 valence electrons. The summed E-state index contributed by atoms with van der Waals surface area (Å²) in [5.74, 6) is -6.55. The van der Waals surface area contributed by atoms with Crippen molar-refractivity contribution in [3.63, 3.8) is 0 Å². The number of nitrogens with zero attached hydrogens (tertiary/aromatic N) is 2. The Morgan fingerprint density at radius 1 is 0.717 bits per heavy atom. The second kappa shape index (κ2) is 11.4. The van der Waals surface area contributed by atoms with Crippen LogP contribution >= 0.6 is 0 Å². The van der Waals surface area contributed by atoms with Crippen molar-refractivity contribution in [3.8, 4) is 0 Å². The van der Waals surface area contributed by atoms with Gasteiger partial charge in [0, 0.05) is 24.0 Å². The molecule has 1 saturated heterocycles. The summed E-state index contributed by atoms with van der Waals surface area (Å²) < 4.78 is 16.6. The minimum Gasteiger partial charge on any atom is -0.466 e. The molecule has 46 heavy (non-hydrogen) atoms. The number of ether oxygens (including phenoxy) is 3. The van der Waals surface area contributed by atoms with E-state index in [1.165, 1.54) is 16.8 Å². The molecule has 6 rings (SSSR count). The highest BCUT2D eigenvalue weighted by Crippen LogP contribution is 2.66. The van der Waals surface area contributed by atoms with Gasteiger partial charge in [0.15, 0.2) is 0 Å². The number of anilines is 2. The quantitative estimate of drug-likeness (QED) is 0.228. The van der Waals surface area contributed by atoms with Crippen LogP contribution in [0.25, 0.3) is 0 Å². The standard InChI is InChI=1S/C35H35N3O8/c1-5-44-28(39)27-33(23-17-11-13-19-25(23)37(4)29(33)40)35(36-34(27,31(42)45-6-2)32(43)46-7-3)24-18-12-14-20-26(24)38(30(35)41)21-22-15-9-8-10-16-22/h8-20,27,36H,5-7,21H2,1-4H3/t27-,33+,35+/m1/s1. The van der Waals surface area contributed by atoms with Crippen molar-refractivity contribution in [2.75, 3.05) is 36.7 Å². The van der Waals surface area contributed by atoms with Gasteiger partial charge in [0.25, 0.3) is 5.91 Å². The van der Waals surface area contributed by atoms with Gasteiger partial charge in [0.05, 0.1) is 26.4 Å². The molecule has 3 atom stereocenters. The molecule has 3 aliphatic heterocycles. The monoisotopic (exact) mass is 625 g/mol. The average molecular weight is 626 g/mol. The van der Waals surface area contributed by atoms with Crippen molar-refractivity contribution in [1.82, 2.24) is 5.32 Å². The molecular formula is C35H35N3O8. The van der Waals surface area contributed by atoms with Crippen molar-refractivity contribution in [2.24, 2.45) is 5.92 Å². The van der Waals surface area contributed by atoms with E-state index >= 15 is 9.59 Å². The summed E-state index contributed by atoms with van der Waals surface area (Å²) in [5, 5.41) is 3.10. The zero-order chi connectivity index (χ0) is 32.9. The van der Waals surface area contributed by atoms with Gasteiger partial charge in [-0.1, -0.05) is 66.7 Å². The summed E-state index contributed by atoms with van der Waals surface area (Å²) in [6.07, 6.45) is 0. The summed E-state index contributed by atoms with van der Waals surface area (Å²) in [5.41, 5.74) is -4.73. The van der Waals surface area contributed by atoms with Crippen LogP contribution in [0.1, 0.15) is 37.5 Å². The average Bonchev–Trinajstić information content (AvgIpc) is 3.58. The molecule has 0 saturated carbocycles. The van der Waals surface area contributed by atoms with E-state index in [2.05, 4.69) is 5.32 Å². The maximum atomic E-state index is 15.4. The van der Waals surface area contributed by atoms with Crippen LogP contribution in [-0.2, 0) is 55.7 Å². The van der Waals surface area contributed by atoms with Crippen molar-refractivity contribution >= 4 is 41.1 Å². The lowest BCUT2D eigenvalue weighted by molar-refractivity contribution is -0.175. The Labute approximate surface area is 266 Å². The van der Waals surface area contributed by atoms with Crippen molar-refractivity contribution in [1.29, 1.82) is 0 Å². The van der Waals surface area contributed by atoms with Crippen molar-refractivity contribution < 1.29 is 38.2 Å². The van der Waals surface area contributed by atoms with Gasteiger partial charge < -0.3 is 24.0 Å². The third-order valence-corrected chi connectivity index (χ3v) is 9.24. The number of hydrogen-bond acceptors (Lipinski definition) is 9. The van der Waals surface area contributed by atoms with Crippen LogP contribution in [0, 0.1) is 5.92 Å². The number of hydrogen-bond donors (Lipinski definition) is 1. The van der Waals surface area contributed by atoms with E-state index < -0.39 is 52.1 Å². The Kier molecular flexibility index (Phi) is 7.68. The molecule has 0 bridgehead atoms. The first-order valence-electron chi connectivity index (χ1n) is 15.3. The lowest BCUT2D eigenvalue weighted by Gasteiger charge is -2.40. The number of esters is 3. The Bertz CT molecular complexity index is 1720. The lowest BCUT2D eigenvalue weighted by Crippen LogP contribution is -2.65. The molecule has 2 spiro atoms. The Balaban J connectivity index is 1.77. The Hall–Kier alpha value is -5.03. The number of carbonyl (C=O) groups is 5. The largest absolute Gasteiger partial charge is 0.466 e. The van der Waals surface area contributed by atoms with Crippen molar-refractivity contribution in [2.45, 2.75) is 43.8 Å². The van der Waals surface area contributed by atoms with E-state index in [1.807, 2.05) is 30.3 Å². The molecule has 11 nitrogen and oxygen atoms in total. The van der Waals surface area contributed by atoms with Gasteiger partial charge >= 0.3 is 17.9 Å². The third kappa shape index (κ3) is 3.84. The van der Waals surface area contributed by atoms with Gasteiger partial charge in [0.2, 0.25) is 11.4 Å². The van der Waals surface area contributed by atoms with Crippen LogP contribution < -0.4 is 15.1 Å². The molecule has 1 N–H and O–H groups in total. The molecule has 11 heteroatoms. The zero-order valence-electron chi connectivity index (χ0n) is 26.1. The number of likely N-dealkylation sites (N-methyl/N-ethyl adjacent to an activating group) is 1.